The largest absolute Gasteiger partial charge is 0.491 e. The van der Waals surface area contributed by atoms with Gasteiger partial charge < -0.3 is 20.1 Å². The lowest BCUT2D eigenvalue weighted by Gasteiger charge is -2.10. The zero-order valence-corrected chi connectivity index (χ0v) is 16.7. The Morgan fingerprint density at radius 1 is 1.04 bits per heavy atom. The number of nitrogens with one attached hydrogen (secondary N) is 2. The molecule has 0 aliphatic carbocycles. The summed E-state index contributed by atoms with van der Waals surface area (Å²) in [6.45, 7) is 5.28. The van der Waals surface area contributed by atoms with Gasteiger partial charge in [0, 0.05) is 31.3 Å². The molecule has 150 valence electrons. The molecule has 0 saturated carbocycles. The van der Waals surface area contributed by atoms with Crippen molar-refractivity contribution < 1.29 is 19.1 Å². The smallest absolute Gasteiger partial charge is 0.251 e. The van der Waals surface area contributed by atoms with Gasteiger partial charge >= 0.3 is 0 Å². The standard InChI is InChI=1S/C22H28N2O4/c1-16(2)12-21(25)24-19-8-4-6-17(13-19)15-23-22(26)18-7-5-9-20(14-18)28-11-10-27-3/h4-9,13-14,16H,10-12,15H2,1-3H3,(H,23,26)(H,24,25). The minimum Gasteiger partial charge on any atom is -0.491 e. The first-order valence-corrected chi connectivity index (χ1v) is 9.36. The van der Waals surface area contributed by atoms with Crippen molar-refractivity contribution in [3.63, 3.8) is 0 Å². The van der Waals surface area contributed by atoms with Gasteiger partial charge in [-0.1, -0.05) is 32.0 Å². The van der Waals surface area contributed by atoms with Crippen molar-refractivity contribution in [2.45, 2.75) is 26.8 Å². The van der Waals surface area contributed by atoms with Crippen LogP contribution in [0.15, 0.2) is 48.5 Å². The maximum atomic E-state index is 12.4. The van der Waals surface area contributed by atoms with Crippen LogP contribution in [0.2, 0.25) is 0 Å². The maximum absolute atomic E-state index is 12.4. The van der Waals surface area contributed by atoms with Crippen molar-refractivity contribution in [1.82, 2.24) is 5.32 Å². The first kappa shape index (κ1) is 21.4. The summed E-state index contributed by atoms with van der Waals surface area (Å²) in [5.41, 5.74) is 2.16. The number of ether oxygens (including phenoxy) is 2. The average Bonchev–Trinajstić information content (AvgIpc) is 2.66. The molecule has 6 heteroatoms. The van der Waals surface area contributed by atoms with E-state index < -0.39 is 0 Å². The molecule has 28 heavy (non-hydrogen) atoms. The highest BCUT2D eigenvalue weighted by Gasteiger charge is 2.08. The van der Waals surface area contributed by atoms with E-state index in [-0.39, 0.29) is 11.8 Å². The topological polar surface area (TPSA) is 76.7 Å². The number of anilines is 1. The second kappa shape index (κ2) is 11.1. The van der Waals surface area contributed by atoms with Gasteiger partial charge in [-0.3, -0.25) is 9.59 Å². The molecule has 6 nitrogen and oxygen atoms in total. The second-order valence-electron chi connectivity index (χ2n) is 6.90. The molecule has 2 N–H and O–H groups in total. The normalized spacial score (nSPS) is 10.6. The van der Waals surface area contributed by atoms with Crippen LogP contribution in [0, 0.1) is 5.92 Å². The molecule has 0 aliphatic heterocycles. The van der Waals surface area contributed by atoms with E-state index in [1.165, 1.54) is 0 Å². The van der Waals surface area contributed by atoms with Crippen molar-refractivity contribution in [2.75, 3.05) is 25.6 Å². The van der Waals surface area contributed by atoms with E-state index >= 15 is 0 Å². The fraction of sp³-hybridized carbons (Fsp3) is 0.364. The minimum absolute atomic E-state index is 0.0125. The van der Waals surface area contributed by atoms with Gasteiger partial charge in [0.05, 0.1) is 6.61 Å². The Kier molecular flexibility index (Phi) is 8.49. The Morgan fingerprint density at radius 2 is 1.82 bits per heavy atom. The summed E-state index contributed by atoms with van der Waals surface area (Å²) in [5, 5.41) is 5.78. The lowest BCUT2D eigenvalue weighted by atomic mass is 10.1. The van der Waals surface area contributed by atoms with Gasteiger partial charge in [-0.25, -0.2) is 0 Å². The Balaban J connectivity index is 1.91. The predicted octanol–water partition coefficient (Wildman–Crippen LogP) is 3.63. The summed E-state index contributed by atoms with van der Waals surface area (Å²) in [6, 6.07) is 14.5. The van der Waals surface area contributed by atoms with Gasteiger partial charge in [0.2, 0.25) is 5.91 Å². The molecule has 0 heterocycles. The van der Waals surface area contributed by atoms with Gasteiger partial charge in [-0.05, 0) is 41.8 Å². The lowest BCUT2D eigenvalue weighted by Crippen LogP contribution is -2.23. The lowest BCUT2D eigenvalue weighted by molar-refractivity contribution is -0.116. The van der Waals surface area contributed by atoms with Crippen LogP contribution in [-0.2, 0) is 16.1 Å². The fourth-order valence-corrected chi connectivity index (χ4v) is 2.60. The van der Waals surface area contributed by atoms with Crippen LogP contribution < -0.4 is 15.4 Å². The first-order valence-electron chi connectivity index (χ1n) is 9.36. The number of hydrogen-bond donors (Lipinski definition) is 2. The molecular weight excluding hydrogens is 356 g/mol. The number of carbonyl (C=O) groups excluding carboxylic acids is 2. The number of amides is 2. The molecule has 0 spiro atoms. The molecule has 0 fully saturated rings. The third-order valence-electron chi connectivity index (χ3n) is 3.91. The molecule has 2 rings (SSSR count). The van der Waals surface area contributed by atoms with Gasteiger partial charge in [-0.2, -0.15) is 0 Å². The van der Waals surface area contributed by atoms with Crippen LogP contribution in [-0.4, -0.2) is 32.1 Å². The summed E-state index contributed by atoms with van der Waals surface area (Å²) in [5.74, 6) is 0.726. The van der Waals surface area contributed by atoms with Crippen molar-refractivity contribution in [2.24, 2.45) is 5.92 Å². The maximum Gasteiger partial charge on any atom is 0.251 e. The molecule has 0 aromatic heterocycles. The molecule has 0 saturated heterocycles. The van der Waals surface area contributed by atoms with Crippen LogP contribution in [0.1, 0.15) is 36.2 Å². The highest BCUT2D eigenvalue weighted by molar-refractivity contribution is 5.94. The van der Waals surface area contributed by atoms with Gasteiger partial charge in [0.25, 0.3) is 5.91 Å². The van der Waals surface area contributed by atoms with E-state index in [1.807, 2.05) is 38.1 Å². The zero-order valence-electron chi connectivity index (χ0n) is 16.7. The third kappa shape index (κ3) is 7.40. The fourth-order valence-electron chi connectivity index (χ4n) is 2.60. The van der Waals surface area contributed by atoms with E-state index in [4.69, 9.17) is 9.47 Å². The van der Waals surface area contributed by atoms with Gasteiger partial charge in [-0.15, -0.1) is 0 Å². The summed E-state index contributed by atoms with van der Waals surface area (Å²) in [6.07, 6.45) is 0.476. The summed E-state index contributed by atoms with van der Waals surface area (Å²) in [7, 11) is 1.61. The van der Waals surface area contributed by atoms with Crippen molar-refractivity contribution in [3.8, 4) is 5.75 Å². The third-order valence-corrected chi connectivity index (χ3v) is 3.91. The molecule has 0 aliphatic rings. The predicted molar refractivity (Wildman–Crippen MR) is 110 cm³/mol. The Hall–Kier alpha value is -2.86. The van der Waals surface area contributed by atoms with Crippen LogP contribution >= 0.6 is 0 Å². The van der Waals surface area contributed by atoms with Crippen LogP contribution in [0.3, 0.4) is 0 Å². The first-order chi connectivity index (χ1) is 13.5. The SMILES string of the molecule is COCCOc1cccc(C(=O)NCc2cccc(NC(=O)CC(C)C)c2)c1. The molecule has 0 atom stereocenters. The monoisotopic (exact) mass is 384 g/mol. The summed E-state index contributed by atoms with van der Waals surface area (Å²) < 4.78 is 10.5. The van der Waals surface area contributed by atoms with Gasteiger partial charge in [0.1, 0.15) is 12.4 Å². The molecule has 2 amide bonds. The quantitative estimate of drug-likeness (QED) is 0.614. The molecule has 2 aromatic carbocycles. The second-order valence-corrected chi connectivity index (χ2v) is 6.90. The number of hydrogen-bond acceptors (Lipinski definition) is 4. The van der Waals surface area contributed by atoms with E-state index in [2.05, 4.69) is 10.6 Å². The van der Waals surface area contributed by atoms with E-state index in [0.29, 0.717) is 43.4 Å². The molecule has 2 aromatic rings. The van der Waals surface area contributed by atoms with Crippen molar-refractivity contribution in [3.05, 3.63) is 59.7 Å². The van der Waals surface area contributed by atoms with E-state index in [0.717, 1.165) is 11.3 Å². The number of methoxy groups -OCH3 is 1. The van der Waals surface area contributed by atoms with Crippen molar-refractivity contribution >= 4 is 17.5 Å². The summed E-state index contributed by atoms with van der Waals surface area (Å²) >= 11 is 0. The van der Waals surface area contributed by atoms with Crippen molar-refractivity contribution in [1.29, 1.82) is 0 Å². The number of rotatable bonds is 10. The highest BCUT2D eigenvalue weighted by atomic mass is 16.5. The highest BCUT2D eigenvalue weighted by Crippen LogP contribution is 2.15. The zero-order chi connectivity index (χ0) is 20.4. The number of benzene rings is 2. The Bertz CT molecular complexity index is 790. The molecule has 0 unspecified atom stereocenters. The average molecular weight is 384 g/mol. The van der Waals surface area contributed by atoms with Crippen LogP contribution in [0.25, 0.3) is 0 Å². The Morgan fingerprint density at radius 3 is 2.57 bits per heavy atom. The van der Waals surface area contributed by atoms with Crippen LogP contribution in [0.5, 0.6) is 5.75 Å². The molecular formula is C22H28N2O4. The number of carbonyl (C=O) groups is 2. The molecule has 0 radical (unpaired) electrons. The summed E-state index contributed by atoms with van der Waals surface area (Å²) in [4.78, 5) is 24.3. The van der Waals surface area contributed by atoms with Gasteiger partial charge in [0.15, 0.2) is 0 Å². The van der Waals surface area contributed by atoms with E-state index in [1.54, 1.807) is 31.4 Å². The van der Waals surface area contributed by atoms with E-state index in [9.17, 15) is 9.59 Å². The van der Waals surface area contributed by atoms with Crippen LogP contribution in [0.4, 0.5) is 5.69 Å². The minimum atomic E-state index is -0.188. The molecule has 0 bridgehead atoms. The Labute approximate surface area is 166 Å².